The Labute approximate surface area is 179 Å². The van der Waals surface area contributed by atoms with Gasteiger partial charge in [0, 0.05) is 10.6 Å². The lowest BCUT2D eigenvalue weighted by Crippen LogP contribution is -2.33. The largest absolute Gasteiger partial charge is 0.394 e. The van der Waals surface area contributed by atoms with Gasteiger partial charge < -0.3 is 25.8 Å². The van der Waals surface area contributed by atoms with Gasteiger partial charge in [-0.2, -0.15) is 4.98 Å². The molecule has 10 nitrogen and oxygen atoms in total. The van der Waals surface area contributed by atoms with Crippen LogP contribution in [0.5, 0.6) is 0 Å². The van der Waals surface area contributed by atoms with Gasteiger partial charge in [-0.1, -0.05) is 23.4 Å². The fraction of sp³-hybridized carbons (Fsp3) is 0.333. The number of ether oxygens (including phenoxy) is 1. The van der Waals surface area contributed by atoms with Crippen molar-refractivity contribution in [3.05, 3.63) is 41.2 Å². The Morgan fingerprint density at radius 3 is 2.63 bits per heavy atom. The molecule has 5 N–H and O–H groups in total. The van der Waals surface area contributed by atoms with E-state index in [4.69, 9.17) is 22.1 Å². The summed E-state index contributed by atoms with van der Waals surface area (Å²) in [6.07, 6.45) is -3.12. The van der Waals surface area contributed by atoms with E-state index in [0.717, 1.165) is 11.8 Å². The van der Waals surface area contributed by atoms with E-state index in [1.54, 1.807) is 24.3 Å². The molecule has 1 saturated heterocycles. The van der Waals surface area contributed by atoms with E-state index in [-0.39, 0.29) is 23.1 Å². The first-order chi connectivity index (χ1) is 14.4. The Morgan fingerprint density at radius 2 is 1.97 bits per heavy atom. The highest BCUT2D eigenvalue weighted by atomic mass is 35.5. The number of anilines is 1. The second-order valence-corrected chi connectivity index (χ2v) is 8.06. The lowest BCUT2D eigenvalue weighted by atomic mass is 10.1. The van der Waals surface area contributed by atoms with Crippen molar-refractivity contribution in [2.24, 2.45) is 0 Å². The van der Waals surface area contributed by atoms with Crippen molar-refractivity contribution in [1.29, 1.82) is 0 Å². The van der Waals surface area contributed by atoms with Crippen molar-refractivity contribution in [2.75, 3.05) is 18.1 Å². The van der Waals surface area contributed by atoms with Crippen LogP contribution in [0.4, 0.5) is 5.95 Å². The number of fused-ring (bicyclic) bond motifs is 1. The van der Waals surface area contributed by atoms with Crippen LogP contribution in [0.25, 0.3) is 11.2 Å². The maximum atomic E-state index is 12.4. The number of carbonyl (C=O) groups excluding carboxylic acids is 1. The van der Waals surface area contributed by atoms with Gasteiger partial charge in [0.2, 0.25) is 5.95 Å². The first-order valence-electron chi connectivity index (χ1n) is 8.93. The van der Waals surface area contributed by atoms with Crippen LogP contribution in [0.3, 0.4) is 0 Å². The molecule has 0 radical (unpaired) electrons. The first-order valence-corrected chi connectivity index (χ1v) is 10.3. The number of halogens is 1. The molecule has 3 heterocycles. The number of aliphatic hydroxyl groups excluding tert-OH is 3. The van der Waals surface area contributed by atoms with E-state index in [1.165, 1.54) is 10.9 Å². The molecule has 4 rings (SSSR count). The van der Waals surface area contributed by atoms with Gasteiger partial charge in [-0.3, -0.25) is 9.36 Å². The minimum absolute atomic E-state index is 0.0440. The van der Waals surface area contributed by atoms with Gasteiger partial charge in [-0.25, -0.2) is 9.97 Å². The summed E-state index contributed by atoms with van der Waals surface area (Å²) < 4.78 is 6.95. The van der Waals surface area contributed by atoms with Gasteiger partial charge in [0.25, 0.3) is 0 Å². The molecular formula is C18H18ClN5O5S. The molecule has 1 fully saturated rings. The monoisotopic (exact) mass is 451 g/mol. The third-order valence-corrected chi connectivity index (χ3v) is 5.92. The highest BCUT2D eigenvalue weighted by Gasteiger charge is 2.44. The van der Waals surface area contributed by atoms with Crippen LogP contribution in [0, 0.1) is 0 Å². The average Bonchev–Trinajstić information content (AvgIpc) is 3.27. The van der Waals surface area contributed by atoms with E-state index >= 15 is 0 Å². The molecule has 4 atom stereocenters. The number of nitrogens with zero attached hydrogens (tertiary/aromatic N) is 4. The molecular weight excluding hydrogens is 434 g/mol. The van der Waals surface area contributed by atoms with Gasteiger partial charge in [-0.05, 0) is 24.3 Å². The number of aromatic nitrogens is 4. The normalized spacial score (nSPS) is 23.9. The second-order valence-electron chi connectivity index (χ2n) is 6.66. The summed E-state index contributed by atoms with van der Waals surface area (Å²) in [5.41, 5.74) is 7.00. The fourth-order valence-corrected chi connectivity index (χ4v) is 4.16. The van der Waals surface area contributed by atoms with Crippen LogP contribution in [0.15, 0.2) is 35.6 Å². The number of carbonyl (C=O) groups is 1. The molecule has 0 spiro atoms. The number of hydrogen-bond donors (Lipinski definition) is 4. The zero-order chi connectivity index (χ0) is 21.4. The maximum Gasteiger partial charge on any atom is 0.223 e. The van der Waals surface area contributed by atoms with Crippen LogP contribution in [-0.4, -0.2) is 71.3 Å². The molecule has 0 amide bonds. The first kappa shape index (κ1) is 21.0. The molecule has 0 saturated carbocycles. The fourth-order valence-electron chi connectivity index (χ4n) is 3.16. The lowest BCUT2D eigenvalue weighted by molar-refractivity contribution is -0.0511. The van der Waals surface area contributed by atoms with Crippen molar-refractivity contribution in [3.8, 4) is 0 Å². The highest BCUT2D eigenvalue weighted by Crippen LogP contribution is 2.33. The summed E-state index contributed by atoms with van der Waals surface area (Å²) in [7, 11) is 0. The molecule has 0 aliphatic carbocycles. The summed E-state index contributed by atoms with van der Waals surface area (Å²) in [4.78, 5) is 25.1. The Hall–Kier alpha value is -2.28. The molecule has 0 bridgehead atoms. The van der Waals surface area contributed by atoms with Gasteiger partial charge in [0.05, 0.1) is 18.7 Å². The predicted molar refractivity (Wildman–Crippen MR) is 109 cm³/mol. The van der Waals surface area contributed by atoms with Gasteiger partial charge in [0.15, 0.2) is 17.7 Å². The Bertz CT molecular complexity index is 1080. The Kier molecular flexibility index (Phi) is 5.91. The summed E-state index contributed by atoms with van der Waals surface area (Å²) in [5, 5.41) is 30.5. The topological polar surface area (TPSA) is 157 Å². The number of nitrogen functional groups attached to an aromatic ring is 1. The van der Waals surface area contributed by atoms with E-state index in [1.807, 2.05) is 0 Å². The van der Waals surface area contributed by atoms with Gasteiger partial charge in [0.1, 0.15) is 28.9 Å². The van der Waals surface area contributed by atoms with Crippen molar-refractivity contribution >= 4 is 46.3 Å². The molecule has 1 aliphatic rings. The molecule has 1 aromatic carbocycles. The van der Waals surface area contributed by atoms with Crippen LogP contribution in [0.2, 0.25) is 5.02 Å². The number of nitrogens with two attached hydrogens (primary N) is 1. The van der Waals surface area contributed by atoms with Gasteiger partial charge in [-0.15, -0.1) is 0 Å². The summed E-state index contributed by atoms with van der Waals surface area (Å²) >= 11 is 7.00. The highest BCUT2D eigenvalue weighted by molar-refractivity contribution is 8.00. The van der Waals surface area contributed by atoms with E-state index in [0.29, 0.717) is 21.1 Å². The number of Topliss-reactive ketones (excluding diaryl/α,β-unsaturated/α-hetero) is 1. The quantitative estimate of drug-likeness (QED) is 0.238. The molecule has 12 heteroatoms. The molecule has 1 aliphatic heterocycles. The van der Waals surface area contributed by atoms with Crippen LogP contribution < -0.4 is 5.73 Å². The SMILES string of the molecule is Nc1nc(SCC(=O)c2ccc(Cl)cc2)c2ncn([C@H]3O[C@@H](CO)[C@@H](O)[C@@H]3O)c2n1. The zero-order valence-electron chi connectivity index (χ0n) is 15.4. The molecule has 3 aromatic rings. The maximum absolute atomic E-state index is 12.4. The minimum atomic E-state index is -1.29. The number of thioether (sulfide) groups is 1. The van der Waals surface area contributed by atoms with Crippen molar-refractivity contribution in [2.45, 2.75) is 29.6 Å². The van der Waals surface area contributed by atoms with E-state index in [2.05, 4.69) is 15.0 Å². The number of aliphatic hydroxyl groups is 3. The lowest BCUT2D eigenvalue weighted by Gasteiger charge is -2.16. The Balaban J connectivity index is 1.60. The predicted octanol–water partition coefficient (Wildman–Crippen LogP) is 0.648. The molecule has 2 aromatic heterocycles. The molecule has 0 unspecified atom stereocenters. The molecule has 158 valence electrons. The third-order valence-electron chi connectivity index (χ3n) is 4.70. The second kappa shape index (κ2) is 8.46. The minimum Gasteiger partial charge on any atom is -0.394 e. The van der Waals surface area contributed by atoms with Crippen molar-refractivity contribution in [1.82, 2.24) is 19.5 Å². The number of rotatable bonds is 6. The van der Waals surface area contributed by atoms with Crippen molar-refractivity contribution in [3.63, 3.8) is 0 Å². The Morgan fingerprint density at radius 1 is 1.23 bits per heavy atom. The number of benzene rings is 1. The standard InChI is InChI=1S/C18H18ClN5O5S/c19-9-3-1-8(2-4-9)10(26)6-30-16-12-15(22-18(20)23-16)24(7-21-12)17-14(28)13(27)11(5-25)29-17/h1-4,7,11,13-14,17,25,27-28H,5-6H2,(H2,20,22,23)/t11-,13+,14-,17-/m0/s1. The number of ketones is 1. The number of hydrogen-bond acceptors (Lipinski definition) is 10. The van der Waals surface area contributed by atoms with E-state index in [9.17, 15) is 20.1 Å². The number of imidazole rings is 1. The smallest absolute Gasteiger partial charge is 0.223 e. The zero-order valence-corrected chi connectivity index (χ0v) is 17.0. The van der Waals surface area contributed by atoms with Crippen LogP contribution >= 0.6 is 23.4 Å². The summed E-state index contributed by atoms with van der Waals surface area (Å²) in [6, 6.07) is 6.57. The van der Waals surface area contributed by atoms with Crippen LogP contribution in [0.1, 0.15) is 16.6 Å². The van der Waals surface area contributed by atoms with Crippen LogP contribution in [-0.2, 0) is 4.74 Å². The molecule has 30 heavy (non-hydrogen) atoms. The average molecular weight is 452 g/mol. The van der Waals surface area contributed by atoms with Gasteiger partial charge >= 0.3 is 0 Å². The van der Waals surface area contributed by atoms with E-state index < -0.39 is 31.1 Å². The summed E-state index contributed by atoms with van der Waals surface area (Å²) in [5.74, 6) is -0.0733. The van der Waals surface area contributed by atoms with Crippen molar-refractivity contribution < 1.29 is 24.9 Å². The third kappa shape index (κ3) is 3.87. The summed E-state index contributed by atoms with van der Waals surface area (Å²) in [6.45, 7) is -0.452.